The molecule has 3 heterocycles. The number of hydrogen-bond donors (Lipinski definition) is 2. The summed E-state index contributed by atoms with van der Waals surface area (Å²) in [6.07, 6.45) is 4.72. The first-order valence-corrected chi connectivity index (χ1v) is 9.63. The van der Waals surface area contributed by atoms with Crippen LogP contribution in [0.15, 0.2) is 59.7 Å². The molecule has 0 spiro atoms. The highest BCUT2D eigenvalue weighted by molar-refractivity contribution is 8.90. The molecule has 116 valence electrons. The quantitative estimate of drug-likeness (QED) is 0.819. The van der Waals surface area contributed by atoms with Crippen LogP contribution in [0.1, 0.15) is 11.5 Å². The Morgan fingerprint density at radius 3 is 2.86 bits per heavy atom. The van der Waals surface area contributed by atoms with Crippen molar-refractivity contribution < 1.29 is 13.0 Å². The first kappa shape index (κ1) is 14.8. The zero-order valence-corrected chi connectivity index (χ0v) is 13.1. The third-order valence-electron chi connectivity index (χ3n) is 2.94. The predicted molar refractivity (Wildman–Crippen MR) is 84.7 cm³/mol. The van der Waals surface area contributed by atoms with Crippen molar-refractivity contribution in [3.63, 3.8) is 0 Å². The second-order valence-electron chi connectivity index (χ2n) is 4.38. The van der Waals surface area contributed by atoms with E-state index in [1.54, 1.807) is 42.9 Å². The minimum Gasteiger partial charge on any atom is -0.396 e. The van der Waals surface area contributed by atoms with Crippen molar-refractivity contribution in [3.8, 4) is 0 Å². The summed E-state index contributed by atoms with van der Waals surface area (Å²) in [6.45, 7) is 1.60. The normalized spacial score (nSPS) is 26.5. The molecule has 0 aromatic carbocycles. The molecule has 9 heteroatoms. The summed E-state index contributed by atoms with van der Waals surface area (Å²) in [5, 5.41) is 11.9. The van der Waals surface area contributed by atoms with E-state index in [1.165, 1.54) is 6.08 Å². The van der Waals surface area contributed by atoms with E-state index in [9.17, 15) is 9.00 Å². The number of aryl methyl sites for hydroxylation is 1. The molecule has 7 nitrogen and oxygen atoms in total. The lowest BCUT2D eigenvalue weighted by Crippen LogP contribution is -2.18. The second kappa shape index (κ2) is 5.59. The number of rotatable bonds is 3. The second-order valence-corrected chi connectivity index (χ2v) is 9.84. The minimum absolute atomic E-state index is 0.247. The van der Waals surface area contributed by atoms with Gasteiger partial charge in [0.25, 0.3) is 0 Å². The fourth-order valence-electron chi connectivity index (χ4n) is 1.84. The molecular formula is C13H13N3O4S2. The summed E-state index contributed by atoms with van der Waals surface area (Å²) in [5.41, 5.74) is 0. The van der Waals surface area contributed by atoms with Crippen LogP contribution in [-0.4, -0.2) is 9.19 Å². The molecule has 1 aliphatic heterocycles. The van der Waals surface area contributed by atoms with E-state index in [-0.39, 0.29) is 5.76 Å². The predicted octanol–water partition coefficient (Wildman–Crippen LogP) is 1.71. The molecule has 22 heavy (non-hydrogen) atoms. The Labute approximate surface area is 129 Å². The third-order valence-corrected chi connectivity index (χ3v) is 8.37. The molecule has 1 aliphatic rings. The maximum absolute atomic E-state index is 12.8. The number of hydrogen-bond acceptors (Lipinski definition) is 7. The van der Waals surface area contributed by atoms with Crippen molar-refractivity contribution >= 4 is 25.2 Å². The highest BCUT2D eigenvalue weighted by Gasteiger charge is 2.34. The third kappa shape index (κ3) is 2.54. The molecule has 0 aliphatic carbocycles. The van der Waals surface area contributed by atoms with Gasteiger partial charge in [-0.25, -0.2) is 14.0 Å². The van der Waals surface area contributed by atoms with E-state index in [2.05, 4.69) is 10.3 Å². The van der Waals surface area contributed by atoms with Gasteiger partial charge in [-0.05, 0) is 33.7 Å². The molecule has 2 unspecified atom stereocenters. The largest absolute Gasteiger partial charge is 0.519 e. The van der Waals surface area contributed by atoms with Gasteiger partial charge in [0, 0.05) is 18.5 Å². The molecule has 0 amide bonds. The fourth-order valence-corrected chi connectivity index (χ4v) is 6.08. The molecule has 2 atom stereocenters. The van der Waals surface area contributed by atoms with E-state index >= 15 is 0 Å². The van der Waals surface area contributed by atoms with Gasteiger partial charge in [0.2, 0.25) is 0 Å². The highest BCUT2D eigenvalue weighted by atomic mass is 33.2. The van der Waals surface area contributed by atoms with Crippen LogP contribution in [0, 0.1) is 6.92 Å². The first-order chi connectivity index (χ1) is 10.5. The van der Waals surface area contributed by atoms with E-state index in [4.69, 9.17) is 14.0 Å². The van der Waals surface area contributed by atoms with E-state index in [0.29, 0.717) is 15.8 Å². The summed E-state index contributed by atoms with van der Waals surface area (Å²) in [7, 11) is -3.85. The van der Waals surface area contributed by atoms with Crippen LogP contribution in [0.4, 0.5) is 0 Å². The average Bonchev–Trinajstić information content (AvgIpc) is 3.03. The van der Waals surface area contributed by atoms with Crippen LogP contribution in [0.2, 0.25) is 0 Å². The minimum atomic E-state index is -2.31. The molecule has 2 aromatic heterocycles. The maximum Gasteiger partial charge on any atom is 0.519 e. The first-order valence-electron chi connectivity index (χ1n) is 6.20. The molecule has 0 saturated carbocycles. The van der Waals surface area contributed by atoms with E-state index in [0.717, 1.165) is 0 Å². The fraction of sp³-hybridized carbons (Fsp3) is 0.0769. The van der Waals surface area contributed by atoms with Gasteiger partial charge in [0.1, 0.15) is 14.9 Å². The molecule has 0 bridgehead atoms. The lowest BCUT2D eigenvalue weighted by Gasteiger charge is -2.27. The average molecular weight is 339 g/mol. The van der Waals surface area contributed by atoms with Crippen molar-refractivity contribution in [1.82, 2.24) is 10.3 Å². The van der Waals surface area contributed by atoms with Gasteiger partial charge in [-0.3, -0.25) is 5.14 Å². The Hall–Kier alpha value is -2.10. The van der Waals surface area contributed by atoms with E-state index in [1.807, 2.05) is 0 Å². The van der Waals surface area contributed by atoms with Gasteiger partial charge < -0.3 is 14.2 Å². The Bertz CT molecular complexity index is 840. The topological polar surface area (TPSA) is 111 Å². The molecule has 0 fully saturated rings. The Balaban J connectivity index is 2.01. The zero-order chi connectivity index (χ0) is 15.7. The number of aromatic nitrogens is 1. The van der Waals surface area contributed by atoms with Gasteiger partial charge >= 0.3 is 5.82 Å². The van der Waals surface area contributed by atoms with Gasteiger partial charge in [-0.1, -0.05) is 6.07 Å². The summed E-state index contributed by atoms with van der Waals surface area (Å²) in [6, 6.07) is 5.14. The molecule has 0 saturated heterocycles. The van der Waals surface area contributed by atoms with Gasteiger partial charge in [0.15, 0.2) is 11.5 Å². The Kier molecular flexibility index (Phi) is 3.77. The lowest BCUT2D eigenvalue weighted by atomic mass is 10.4. The molecular weight excluding hydrogens is 326 g/mol. The van der Waals surface area contributed by atoms with Crippen molar-refractivity contribution in [1.29, 1.82) is 0 Å². The number of pyridine rings is 1. The summed E-state index contributed by atoms with van der Waals surface area (Å²) in [5.74, 6) is -0.216. The zero-order valence-electron chi connectivity index (χ0n) is 11.5. The van der Waals surface area contributed by atoms with Crippen molar-refractivity contribution in [3.05, 3.63) is 63.2 Å². The molecule has 2 aromatic rings. The van der Waals surface area contributed by atoms with Crippen molar-refractivity contribution in [2.45, 2.75) is 11.9 Å². The van der Waals surface area contributed by atoms with Gasteiger partial charge in [-0.2, -0.15) is 0 Å². The summed E-state index contributed by atoms with van der Waals surface area (Å²) >= 11 is 0. The molecule has 3 N–H and O–H groups in total. The monoisotopic (exact) mass is 339 g/mol. The van der Waals surface area contributed by atoms with Crippen LogP contribution >= 0.6 is 9.25 Å². The van der Waals surface area contributed by atoms with Crippen molar-refractivity contribution in [2.24, 2.45) is 5.14 Å². The summed E-state index contributed by atoms with van der Waals surface area (Å²) in [4.78, 5) is 15.2. The highest BCUT2D eigenvalue weighted by Crippen LogP contribution is 2.57. The van der Waals surface area contributed by atoms with Gasteiger partial charge in [0.05, 0.1) is 5.03 Å². The van der Waals surface area contributed by atoms with Crippen LogP contribution in [0.25, 0.3) is 6.08 Å². The Morgan fingerprint density at radius 1 is 1.41 bits per heavy atom. The van der Waals surface area contributed by atoms with Crippen LogP contribution in [0.5, 0.6) is 0 Å². The van der Waals surface area contributed by atoms with Crippen LogP contribution in [-0.2, 0) is 9.83 Å². The standard InChI is InChI=1S/C13H13N3O4S2/c1-9-10(20-13(17)19-9)8-12-16-6-7-22(12,14)21(18)11-4-2-3-5-15-11/h2-8,16H,14H2,1H3. The van der Waals surface area contributed by atoms with E-state index < -0.39 is 24.9 Å². The Morgan fingerprint density at radius 2 is 2.23 bits per heavy atom. The lowest BCUT2D eigenvalue weighted by molar-refractivity contribution is 0.377. The van der Waals surface area contributed by atoms with Crippen molar-refractivity contribution in [2.75, 3.05) is 0 Å². The molecule has 3 rings (SSSR count). The SMILES string of the molecule is Cc1oc(=O)oc1C=C1NC=CS1(N)S(=O)c1ccccn1. The van der Waals surface area contributed by atoms with Crippen LogP contribution < -0.4 is 16.3 Å². The number of nitrogens with one attached hydrogen (secondary N) is 1. The maximum atomic E-state index is 12.8. The molecule has 0 radical (unpaired) electrons. The number of nitrogens with zero attached hydrogens (tertiary/aromatic N) is 1. The van der Waals surface area contributed by atoms with Crippen LogP contribution in [0.3, 0.4) is 0 Å². The van der Waals surface area contributed by atoms with Gasteiger partial charge in [-0.15, -0.1) is 0 Å². The smallest absolute Gasteiger partial charge is 0.396 e. The summed E-state index contributed by atoms with van der Waals surface area (Å²) < 4.78 is 22.5. The number of nitrogens with two attached hydrogens (primary N) is 1.